The van der Waals surface area contributed by atoms with E-state index in [1.807, 2.05) is 6.07 Å². The highest BCUT2D eigenvalue weighted by molar-refractivity contribution is 9.10. The molecule has 0 fully saturated rings. The van der Waals surface area contributed by atoms with Crippen LogP contribution < -0.4 is 5.32 Å². The second-order valence-electron chi connectivity index (χ2n) is 6.04. The van der Waals surface area contributed by atoms with E-state index in [0.29, 0.717) is 18.5 Å². The van der Waals surface area contributed by atoms with Crippen molar-refractivity contribution in [2.24, 2.45) is 5.92 Å². The van der Waals surface area contributed by atoms with Gasteiger partial charge in [0, 0.05) is 35.7 Å². The fourth-order valence-corrected chi connectivity index (χ4v) is 2.86. The van der Waals surface area contributed by atoms with Gasteiger partial charge in [-0.2, -0.15) is 0 Å². The molecule has 0 heterocycles. The minimum atomic E-state index is -0.361. The topological polar surface area (TPSA) is 58.4 Å². The minimum Gasteiger partial charge on any atom is -0.309 e. The van der Waals surface area contributed by atoms with Gasteiger partial charge in [-0.05, 0) is 38.1 Å². The molecular formula is C15H24BrN3O2. The standard InChI is InChI=1S/C15H24BrN3O2/c1-11(2)5-14(10-18(3)4)17-9-12-6-13(16)8-15(7-12)19(20)21/h6-8,11,14,17H,5,9-10H2,1-4H3. The summed E-state index contributed by atoms with van der Waals surface area (Å²) in [5, 5.41) is 14.4. The number of non-ortho nitro benzene ring substituents is 1. The van der Waals surface area contributed by atoms with E-state index in [2.05, 4.69) is 54.1 Å². The number of hydrogen-bond donors (Lipinski definition) is 1. The van der Waals surface area contributed by atoms with Gasteiger partial charge in [0.15, 0.2) is 0 Å². The minimum absolute atomic E-state index is 0.120. The molecule has 1 rings (SSSR count). The molecule has 0 spiro atoms. The molecular weight excluding hydrogens is 334 g/mol. The van der Waals surface area contributed by atoms with E-state index >= 15 is 0 Å². The van der Waals surface area contributed by atoms with Gasteiger partial charge in [-0.1, -0.05) is 29.8 Å². The highest BCUT2D eigenvalue weighted by Crippen LogP contribution is 2.21. The third-order valence-electron chi connectivity index (χ3n) is 3.09. The Morgan fingerprint density at radius 3 is 2.52 bits per heavy atom. The molecule has 1 unspecified atom stereocenters. The first-order valence-electron chi connectivity index (χ1n) is 7.10. The van der Waals surface area contributed by atoms with E-state index in [-0.39, 0.29) is 10.6 Å². The number of rotatable bonds is 8. The Kier molecular flexibility index (Phi) is 7.28. The first-order valence-corrected chi connectivity index (χ1v) is 7.89. The lowest BCUT2D eigenvalue weighted by Crippen LogP contribution is -2.38. The van der Waals surface area contributed by atoms with E-state index in [4.69, 9.17) is 0 Å². The number of nitrogens with one attached hydrogen (secondary N) is 1. The van der Waals surface area contributed by atoms with Gasteiger partial charge in [-0.25, -0.2) is 0 Å². The highest BCUT2D eigenvalue weighted by atomic mass is 79.9. The zero-order valence-electron chi connectivity index (χ0n) is 13.1. The molecule has 0 aliphatic rings. The molecule has 0 aromatic heterocycles. The molecule has 118 valence electrons. The number of benzene rings is 1. The molecule has 0 bridgehead atoms. The summed E-state index contributed by atoms with van der Waals surface area (Å²) in [6.07, 6.45) is 1.08. The maximum absolute atomic E-state index is 10.9. The predicted octanol–water partition coefficient (Wildman–Crippen LogP) is 3.42. The number of halogens is 1. The van der Waals surface area contributed by atoms with Gasteiger partial charge < -0.3 is 10.2 Å². The average molecular weight is 358 g/mol. The zero-order valence-corrected chi connectivity index (χ0v) is 14.7. The summed E-state index contributed by atoms with van der Waals surface area (Å²) >= 11 is 3.33. The van der Waals surface area contributed by atoms with Crippen LogP contribution in [0.25, 0.3) is 0 Å². The molecule has 1 aromatic carbocycles. The summed E-state index contributed by atoms with van der Waals surface area (Å²) in [7, 11) is 4.11. The third kappa shape index (κ3) is 7.02. The average Bonchev–Trinajstić information content (AvgIpc) is 2.34. The Balaban J connectivity index is 2.72. The lowest BCUT2D eigenvalue weighted by Gasteiger charge is -2.24. The molecule has 0 aliphatic heterocycles. The van der Waals surface area contributed by atoms with E-state index in [1.54, 1.807) is 6.07 Å². The lowest BCUT2D eigenvalue weighted by molar-refractivity contribution is -0.385. The van der Waals surface area contributed by atoms with Crippen LogP contribution in [0.4, 0.5) is 5.69 Å². The van der Waals surface area contributed by atoms with Gasteiger partial charge in [0.2, 0.25) is 0 Å². The predicted molar refractivity (Wildman–Crippen MR) is 89.4 cm³/mol. The van der Waals surface area contributed by atoms with Crippen molar-refractivity contribution in [3.63, 3.8) is 0 Å². The maximum atomic E-state index is 10.9. The first kappa shape index (κ1) is 18.1. The van der Waals surface area contributed by atoms with Crippen molar-refractivity contribution >= 4 is 21.6 Å². The normalized spacial score (nSPS) is 12.9. The van der Waals surface area contributed by atoms with Crippen LogP contribution in [0.5, 0.6) is 0 Å². The third-order valence-corrected chi connectivity index (χ3v) is 3.55. The van der Waals surface area contributed by atoms with E-state index in [9.17, 15) is 10.1 Å². The van der Waals surface area contributed by atoms with E-state index in [1.165, 1.54) is 6.07 Å². The Morgan fingerprint density at radius 1 is 1.33 bits per heavy atom. The molecule has 0 saturated heterocycles. The molecule has 0 aliphatic carbocycles. The maximum Gasteiger partial charge on any atom is 0.270 e. The largest absolute Gasteiger partial charge is 0.309 e. The SMILES string of the molecule is CC(C)CC(CN(C)C)NCc1cc(Br)cc([N+](=O)[O-])c1. The van der Waals surface area contributed by atoms with Crippen LogP contribution in [-0.2, 0) is 6.54 Å². The monoisotopic (exact) mass is 357 g/mol. The second kappa shape index (κ2) is 8.46. The van der Waals surface area contributed by atoms with Crippen molar-refractivity contribution < 1.29 is 4.92 Å². The molecule has 5 nitrogen and oxygen atoms in total. The molecule has 0 radical (unpaired) electrons. The fourth-order valence-electron chi connectivity index (χ4n) is 2.34. The number of nitro benzene ring substituents is 1. The molecule has 21 heavy (non-hydrogen) atoms. The molecule has 6 heteroatoms. The summed E-state index contributed by atoms with van der Waals surface area (Å²) in [5.41, 5.74) is 1.04. The Morgan fingerprint density at radius 2 is 2.00 bits per heavy atom. The van der Waals surface area contributed by atoms with Gasteiger partial charge in [-0.15, -0.1) is 0 Å². The quantitative estimate of drug-likeness (QED) is 0.571. The number of hydrogen-bond acceptors (Lipinski definition) is 4. The van der Waals surface area contributed by atoms with Crippen molar-refractivity contribution in [3.05, 3.63) is 38.3 Å². The van der Waals surface area contributed by atoms with Crippen LogP contribution in [0, 0.1) is 16.0 Å². The zero-order chi connectivity index (χ0) is 16.0. The van der Waals surface area contributed by atoms with Crippen molar-refractivity contribution in [2.45, 2.75) is 32.9 Å². The van der Waals surface area contributed by atoms with Gasteiger partial charge in [0.05, 0.1) is 4.92 Å². The van der Waals surface area contributed by atoms with Gasteiger partial charge in [0.25, 0.3) is 5.69 Å². The van der Waals surface area contributed by atoms with Crippen molar-refractivity contribution in [2.75, 3.05) is 20.6 Å². The van der Waals surface area contributed by atoms with Gasteiger partial charge in [0.1, 0.15) is 0 Å². The van der Waals surface area contributed by atoms with Crippen LogP contribution in [0.1, 0.15) is 25.8 Å². The van der Waals surface area contributed by atoms with Crippen molar-refractivity contribution in [1.29, 1.82) is 0 Å². The number of likely N-dealkylation sites (N-methyl/N-ethyl adjacent to an activating group) is 1. The van der Waals surface area contributed by atoms with Crippen LogP contribution in [0.3, 0.4) is 0 Å². The molecule has 1 N–H and O–H groups in total. The first-order chi connectivity index (χ1) is 9.77. The molecule has 1 aromatic rings. The fraction of sp³-hybridized carbons (Fsp3) is 0.600. The summed E-state index contributed by atoms with van der Waals surface area (Å²) in [5.74, 6) is 0.610. The van der Waals surface area contributed by atoms with Crippen molar-refractivity contribution in [1.82, 2.24) is 10.2 Å². The van der Waals surface area contributed by atoms with E-state index < -0.39 is 0 Å². The number of nitrogens with zero attached hydrogens (tertiary/aromatic N) is 2. The van der Waals surface area contributed by atoms with Gasteiger partial charge >= 0.3 is 0 Å². The number of nitro groups is 1. The Bertz CT molecular complexity index is 468. The Hall–Kier alpha value is -0.980. The van der Waals surface area contributed by atoms with Crippen LogP contribution in [-0.4, -0.2) is 36.5 Å². The molecule has 0 amide bonds. The van der Waals surface area contributed by atoms with Crippen LogP contribution in [0.15, 0.2) is 22.7 Å². The smallest absolute Gasteiger partial charge is 0.270 e. The van der Waals surface area contributed by atoms with Crippen LogP contribution >= 0.6 is 15.9 Å². The van der Waals surface area contributed by atoms with E-state index in [0.717, 1.165) is 23.0 Å². The summed E-state index contributed by atoms with van der Waals surface area (Å²) in [6, 6.07) is 5.44. The Labute approximate surface area is 135 Å². The highest BCUT2D eigenvalue weighted by Gasteiger charge is 2.13. The van der Waals surface area contributed by atoms with Gasteiger partial charge in [-0.3, -0.25) is 10.1 Å². The summed E-state index contributed by atoms with van der Waals surface area (Å²) in [4.78, 5) is 12.7. The second-order valence-corrected chi connectivity index (χ2v) is 6.96. The van der Waals surface area contributed by atoms with Crippen molar-refractivity contribution in [3.8, 4) is 0 Å². The summed E-state index contributed by atoms with van der Waals surface area (Å²) < 4.78 is 0.738. The summed E-state index contributed by atoms with van der Waals surface area (Å²) in [6.45, 7) is 5.99. The van der Waals surface area contributed by atoms with Crippen LogP contribution in [0.2, 0.25) is 0 Å². The lowest BCUT2D eigenvalue weighted by atomic mass is 10.0. The molecule has 0 saturated carbocycles. The molecule has 1 atom stereocenters.